The number of likely N-dealkylation sites (tertiary alicyclic amines) is 1. The van der Waals surface area contributed by atoms with E-state index < -0.39 is 6.03 Å². The number of rotatable bonds is 4. The van der Waals surface area contributed by atoms with Crippen molar-refractivity contribution < 1.29 is 18.7 Å². The lowest BCUT2D eigenvalue weighted by Gasteiger charge is -2.29. The molecular weight excluding hydrogens is 348 g/mol. The molecule has 1 saturated heterocycles. The third kappa shape index (κ3) is 4.08. The van der Waals surface area contributed by atoms with Crippen molar-refractivity contribution in [2.45, 2.75) is 19.4 Å². The molecule has 0 radical (unpaired) electrons. The molecule has 25 heavy (non-hydrogen) atoms. The molecule has 1 aliphatic rings. The third-order valence-electron chi connectivity index (χ3n) is 4.05. The monoisotopic (exact) mass is 364 g/mol. The molecule has 0 saturated carbocycles. The molecule has 0 bridgehead atoms. The summed E-state index contributed by atoms with van der Waals surface area (Å²) in [5.74, 6) is -0.146. The number of hydrogen-bond donors (Lipinski definition) is 1. The van der Waals surface area contributed by atoms with Crippen molar-refractivity contribution in [1.29, 1.82) is 0 Å². The Morgan fingerprint density at radius 1 is 1.28 bits per heavy atom. The Balaban J connectivity index is 1.53. The average molecular weight is 365 g/mol. The van der Waals surface area contributed by atoms with E-state index in [1.165, 1.54) is 4.90 Å². The van der Waals surface area contributed by atoms with Gasteiger partial charge in [0.15, 0.2) is 6.61 Å². The first kappa shape index (κ1) is 17.2. The number of primary amides is 1. The van der Waals surface area contributed by atoms with Gasteiger partial charge >= 0.3 is 12.0 Å². The normalized spacial score (nSPS) is 15.2. The van der Waals surface area contributed by atoms with Gasteiger partial charge in [0, 0.05) is 13.1 Å². The number of esters is 1. The number of carbonyl (C=O) groups excluding carboxylic acids is 2. The highest BCUT2D eigenvalue weighted by atomic mass is 35.5. The van der Waals surface area contributed by atoms with Crippen LogP contribution in [0.3, 0.4) is 0 Å². The SMILES string of the molecule is NC(=O)N1CCC(C(=O)OCc2nnc(-c3ccccc3Cl)o2)CC1. The molecule has 0 unspecified atom stereocenters. The van der Waals surface area contributed by atoms with Crippen LogP contribution in [-0.4, -0.2) is 40.2 Å². The zero-order valence-electron chi connectivity index (χ0n) is 13.4. The minimum Gasteiger partial charge on any atom is -0.455 e. The van der Waals surface area contributed by atoms with E-state index in [1.807, 2.05) is 6.07 Å². The second kappa shape index (κ2) is 7.52. The molecule has 2 heterocycles. The molecule has 8 nitrogen and oxygen atoms in total. The van der Waals surface area contributed by atoms with Gasteiger partial charge < -0.3 is 19.8 Å². The highest BCUT2D eigenvalue weighted by Crippen LogP contribution is 2.26. The van der Waals surface area contributed by atoms with Gasteiger partial charge in [-0.05, 0) is 25.0 Å². The summed E-state index contributed by atoms with van der Waals surface area (Å²) in [4.78, 5) is 24.7. The first-order valence-electron chi connectivity index (χ1n) is 7.83. The summed E-state index contributed by atoms with van der Waals surface area (Å²) in [6, 6.07) is 6.62. The fourth-order valence-electron chi connectivity index (χ4n) is 2.64. The Morgan fingerprint density at radius 3 is 2.68 bits per heavy atom. The largest absolute Gasteiger partial charge is 0.455 e. The maximum atomic E-state index is 12.1. The van der Waals surface area contributed by atoms with E-state index >= 15 is 0 Å². The van der Waals surface area contributed by atoms with Gasteiger partial charge in [-0.3, -0.25) is 4.79 Å². The summed E-state index contributed by atoms with van der Waals surface area (Å²) >= 11 is 6.08. The lowest BCUT2D eigenvalue weighted by Crippen LogP contribution is -2.43. The molecule has 0 atom stereocenters. The van der Waals surface area contributed by atoms with Crippen molar-refractivity contribution in [1.82, 2.24) is 15.1 Å². The van der Waals surface area contributed by atoms with E-state index in [9.17, 15) is 9.59 Å². The predicted molar refractivity (Wildman–Crippen MR) is 88.4 cm³/mol. The number of urea groups is 1. The van der Waals surface area contributed by atoms with Gasteiger partial charge in [0.05, 0.1) is 16.5 Å². The van der Waals surface area contributed by atoms with Crippen molar-refractivity contribution in [3.63, 3.8) is 0 Å². The minimum atomic E-state index is -0.468. The first-order valence-corrected chi connectivity index (χ1v) is 8.20. The Morgan fingerprint density at radius 2 is 2.00 bits per heavy atom. The van der Waals surface area contributed by atoms with Crippen molar-refractivity contribution in [3.8, 4) is 11.5 Å². The highest BCUT2D eigenvalue weighted by molar-refractivity contribution is 6.33. The summed E-state index contributed by atoms with van der Waals surface area (Å²) in [5.41, 5.74) is 5.84. The van der Waals surface area contributed by atoms with E-state index in [2.05, 4.69) is 10.2 Å². The molecule has 1 fully saturated rings. The number of carbonyl (C=O) groups is 2. The first-order chi connectivity index (χ1) is 12.0. The zero-order valence-corrected chi connectivity index (χ0v) is 14.1. The molecule has 2 amide bonds. The summed E-state index contributed by atoms with van der Waals surface area (Å²) in [6.45, 7) is 0.797. The molecule has 1 aliphatic heterocycles. The number of piperidine rings is 1. The third-order valence-corrected chi connectivity index (χ3v) is 4.38. The van der Waals surface area contributed by atoms with Crippen LogP contribution in [0.5, 0.6) is 0 Å². The van der Waals surface area contributed by atoms with Gasteiger partial charge in [-0.2, -0.15) is 0 Å². The summed E-state index contributed by atoms with van der Waals surface area (Å²) in [5, 5.41) is 8.28. The molecule has 132 valence electrons. The van der Waals surface area contributed by atoms with Gasteiger partial charge in [0.1, 0.15) is 0 Å². The van der Waals surface area contributed by atoms with Gasteiger partial charge in [0.2, 0.25) is 5.89 Å². The van der Waals surface area contributed by atoms with Crippen LogP contribution in [0, 0.1) is 5.92 Å². The number of nitrogens with zero attached hydrogens (tertiary/aromatic N) is 3. The van der Waals surface area contributed by atoms with Crippen LogP contribution in [0.15, 0.2) is 28.7 Å². The van der Waals surface area contributed by atoms with E-state index in [0.717, 1.165) is 0 Å². The molecule has 3 rings (SSSR count). The zero-order chi connectivity index (χ0) is 17.8. The van der Waals surface area contributed by atoms with Crippen LogP contribution in [0.1, 0.15) is 18.7 Å². The van der Waals surface area contributed by atoms with Crippen LogP contribution >= 0.6 is 11.6 Å². The van der Waals surface area contributed by atoms with Crippen LogP contribution < -0.4 is 5.73 Å². The molecule has 2 N–H and O–H groups in total. The predicted octanol–water partition coefficient (Wildman–Crippen LogP) is 2.22. The van der Waals surface area contributed by atoms with E-state index in [1.54, 1.807) is 18.2 Å². The minimum absolute atomic E-state index is 0.105. The van der Waals surface area contributed by atoms with Gasteiger partial charge in [0.25, 0.3) is 5.89 Å². The van der Waals surface area contributed by atoms with Crippen molar-refractivity contribution in [2.75, 3.05) is 13.1 Å². The van der Waals surface area contributed by atoms with Gasteiger partial charge in [-0.25, -0.2) is 4.79 Å². The maximum Gasteiger partial charge on any atom is 0.314 e. The number of ether oxygens (including phenoxy) is 1. The number of nitrogens with two attached hydrogens (primary N) is 1. The number of aromatic nitrogens is 2. The quantitative estimate of drug-likeness (QED) is 0.832. The lowest BCUT2D eigenvalue weighted by molar-refractivity contribution is -0.152. The summed E-state index contributed by atoms with van der Waals surface area (Å²) < 4.78 is 10.7. The Labute approximate surface area is 148 Å². The maximum absolute atomic E-state index is 12.1. The Hall–Kier alpha value is -2.61. The van der Waals surface area contributed by atoms with E-state index in [-0.39, 0.29) is 30.3 Å². The van der Waals surface area contributed by atoms with E-state index in [0.29, 0.717) is 36.5 Å². The number of amides is 2. The molecule has 9 heteroatoms. The summed E-state index contributed by atoms with van der Waals surface area (Å²) in [6.07, 6.45) is 1.05. The Kier molecular flexibility index (Phi) is 5.18. The fourth-order valence-corrected chi connectivity index (χ4v) is 2.86. The van der Waals surface area contributed by atoms with Crippen LogP contribution in [0.25, 0.3) is 11.5 Å². The Bertz CT molecular complexity index is 771. The van der Waals surface area contributed by atoms with Crippen LogP contribution in [0.4, 0.5) is 4.79 Å². The van der Waals surface area contributed by atoms with Gasteiger partial charge in [-0.1, -0.05) is 23.7 Å². The smallest absolute Gasteiger partial charge is 0.314 e. The van der Waals surface area contributed by atoms with Crippen molar-refractivity contribution in [3.05, 3.63) is 35.2 Å². The summed E-state index contributed by atoms with van der Waals surface area (Å²) in [7, 11) is 0. The number of halogens is 1. The van der Waals surface area contributed by atoms with E-state index in [4.69, 9.17) is 26.5 Å². The van der Waals surface area contributed by atoms with Crippen LogP contribution in [-0.2, 0) is 16.1 Å². The molecule has 2 aromatic rings. The van der Waals surface area contributed by atoms with Crippen LogP contribution in [0.2, 0.25) is 5.02 Å². The fraction of sp³-hybridized carbons (Fsp3) is 0.375. The average Bonchev–Trinajstić information content (AvgIpc) is 3.09. The van der Waals surface area contributed by atoms with Gasteiger partial charge in [-0.15, -0.1) is 10.2 Å². The molecule has 1 aromatic heterocycles. The van der Waals surface area contributed by atoms with Crippen molar-refractivity contribution >= 4 is 23.6 Å². The topological polar surface area (TPSA) is 112 Å². The second-order valence-corrected chi connectivity index (χ2v) is 6.10. The lowest BCUT2D eigenvalue weighted by atomic mass is 9.97. The molecular formula is C16H17ClN4O4. The standard InChI is InChI=1S/C16H17ClN4O4/c17-12-4-2-1-3-11(12)14-20-19-13(25-14)9-24-15(22)10-5-7-21(8-6-10)16(18)23/h1-4,10H,5-9H2,(H2,18,23). The number of benzene rings is 1. The molecule has 1 aromatic carbocycles. The molecule has 0 spiro atoms. The second-order valence-electron chi connectivity index (χ2n) is 5.69. The molecule has 0 aliphatic carbocycles. The highest BCUT2D eigenvalue weighted by Gasteiger charge is 2.27. The van der Waals surface area contributed by atoms with Crippen molar-refractivity contribution in [2.24, 2.45) is 11.7 Å². The number of hydrogen-bond acceptors (Lipinski definition) is 6.